The quantitative estimate of drug-likeness (QED) is 0.581. The van der Waals surface area contributed by atoms with Crippen LogP contribution in [0.5, 0.6) is 0 Å². The monoisotopic (exact) mass is 269 g/mol. The van der Waals surface area contributed by atoms with Gasteiger partial charge in [-0.3, -0.25) is 4.79 Å². The van der Waals surface area contributed by atoms with Crippen LogP contribution in [0.2, 0.25) is 0 Å². The van der Waals surface area contributed by atoms with Crippen LogP contribution in [-0.2, 0) is 4.79 Å². The predicted molar refractivity (Wildman–Crippen MR) is 50.6 cm³/mol. The first-order chi connectivity index (χ1) is 5.22. The van der Waals surface area contributed by atoms with Gasteiger partial charge in [0, 0.05) is 29.4 Å². The third-order valence-corrected chi connectivity index (χ3v) is 3.13. The van der Waals surface area contributed by atoms with Crippen LogP contribution in [0.3, 0.4) is 0 Å². The number of aliphatic carboxylic acids is 1. The molecule has 3 nitrogen and oxygen atoms in total. The maximum atomic E-state index is 10.7. The summed E-state index contributed by atoms with van der Waals surface area (Å²) >= 11 is 2.11. The Morgan fingerprint density at radius 2 is 2.18 bits per heavy atom. The Morgan fingerprint density at radius 1 is 1.45 bits per heavy atom. The fourth-order valence-corrected chi connectivity index (χ4v) is 2.17. The van der Waals surface area contributed by atoms with E-state index < -0.39 is 5.97 Å². The second kappa shape index (κ2) is 4.25. The number of rotatable bonds is 1. The van der Waals surface area contributed by atoms with Gasteiger partial charge >= 0.3 is 5.97 Å². The summed E-state index contributed by atoms with van der Waals surface area (Å²) < 4.78 is 1.91. The van der Waals surface area contributed by atoms with E-state index in [1.54, 1.807) is 0 Å². The van der Waals surface area contributed by atoms with Crippen molar-refractivity contribution in [1.82, 2.24) is 3.11 Å². The van der Waals surface area contributed by atoms with Crippen molar-refractivity contribution in [2.45, 2.75) is 31.7 Å². The Morgan fingerprint density at radius 3 is 2.82 bits per heavy atom. The molecule has 1 N–H and O–H groups in total. The molecule has 0 saturated carbocycles. The van der Waals surface area contributed by atoms with Gasteiger partial charge in [0.15, 0.2) is 0 Å². The van der Waals surface area contributed by atoms with Gasteiger partial charge in [-0.2, -0.15) is 0 Å². The average Bonchev–Trinajstić information content (AvgIpc) is 2.13. The van der Waals surface area contributed by atoms with E-state index in [9.17, 15) is 4.79 Å². The van der Waals surface area contributed by atoms with Crippen LogP contribution < -0.4 is 0 Å². The van der Waals surface area contributed by atoms with Crippen molar-refractivity contribution in [2.75, 3.05) is 6.54 Å². The molecule has 1 unspecified atom stereocenters. The highest BCUT2D eigenvalue weighted by molar-refractivity contribution is 14.1. The minimum Gasteiger partial charge on any atom is -0.480 e. The molecule has 1 fully saturated rings. The predicted octanol–water partition coefficient (Wildman–Crippen LogP) is 1.67. The summed E-state index contributed by atoms with van der Waals surface area (Å²) in [6, 6.07) is -0.252. The summed E-state index contributed by atoms with van der Waals surface area (Å²) in [5.74, 6) is -0.679. The summed E-state index contributed by atoms with van der Waals surface area (Å²) in [6.45, 7) is 0.914. The van der Waals surface area contributed by atoms with E-state index in [-0.39, 0.29) is 6.04 Å². The molecule has 0 aromatic carbocycles. The lowest BCUT2D eigenvalue weighted by molar-refractivity contribution is -0.141. The number of carbonyl (C=O) groups is 1. The van der Waals surface area contributed by atoms with E-state index in [4.69, 9.17) is 5.11 Å². The Labute approximate surface area is 80.3 Å². The third-order valence-electron chi connectivity index (χ3n) is 1.97. The van der Waals surface area contributed by atoms with E-state index in [2.05, 4.69) is 22.9 Å². The van der Waals surface area contributed by atoms with Crippen LogP contribution in [-0.4, -0.2) is 26.8 Å². The Kier molecular flexibility index (Phi) is 3.58. The van der Waals surface area contributed by atoms with Crippen LogP contribution >= 0.6 is 22.9 Å². The van der Waals surface area contributed by atoms with Gasteiger partial charge in [-0.15, -0.1) is 0 Å². The fourth-order valence-electron chi connectivity index (χ4n) is 1.32. The second-order valence-electron chi connectivity index (χ2n) is 2.83. The molecular weight excluding hydrogens is 257 g/mol. The molecule has 64 valence electrons. The third kappa shape index (κ3) is 2.59. The topological polar surface area (TPSA) is 40.5 Å². The van der Waals surface area contributed by atoms with Gasteiger partial charge in [0.2, 0.25) is 0 Å². The van der Waals surface area contributed by atoms with E-state index in [0.717, 1.165) is 25.8 Å². The molecule has 0 bridgehead atoms. The average molecular weight is 269 g/mol. The number of carboxylic acid groups (broad SMARTS) is 1. The van der Waals surface area contributed by atoms with Crippen molar-refractivity contribution in [2.24, 2.45) is 0 Å². The zero-order chi connectivity index (χ0) is 8.27. The summed E-state index contributed by atoms with van der Waals surface area (Å²) in [7, 11) is 0. The van der Waals surface area contributed by atoms with Crippen LogP contribution in [0.1, 0.15) is 25.7 Å². The summed E-state index contributed by atoms with van der Waals surface area (Å²) in [5, 5.41) is 8.79. The van der Waals surface area contributed by atoms with Crippen molar-refractivity contribution in [3.63, 3.8) is 0 Å². The normalized spacial score (nSPS) is 27.9. The number of hydrogen-bond acceptors (Lipinski definition) is 2. The molecule has 1 heterocycles. The first-order valence-corrected chi connectivity index (χ1v) is 4.83. The lowest BCUT2D eigenvalue weighted by Crippen LogP contribution is -2.33. The summed E-state index contributed by atoms with van der Waals surface area (Å²) in [6.07, 6.45) is 4.16. The van der Waals surface area contributed by atoms with E-state index in [1.165, 1.54) is 6.42 Å². The molecule has 0 aliphatic carbocycles. The van der Waals surface area contributed by atoms with Gasteiger partial charge < -0.3 is 5.11 Å². The molecule has 1 aliphatic rings. The Bertz CT molecular complexity index is 151. The molecule has 0 aromatic rings. The summed E-state index contributed by atoms with van der Waals surface area (Å²) in [5.41, 5.74) is 0. The number of nitrogens with zero attached hydrogens (tertiary/aromatic N) is 1. The molecule has 0 amide bonds. The maximum absolute atomic E-state index is 10.7. The van der Waals surface area contributed by atoms with Crippen molar-refractivity contribution in [1.29, 1.82) is 0 Å². The number of carboxylic acids is 1. The standard InChI is InChI=1S/C7H12INO2/c8-9-5-3-1-2-4-6(9)7(10)11/h6H,1-5H2,(H,10,11). The largest absolute Gasteiger partial charge is 0.480 e. The van der Waals surface area contributed by atoms with Crippen molar-refractivity contribution in [3.05, 3.63) is 0 Å². The van der Waals surface area contributed by atoms with Crippen molar-refractivity contribution in [3.8, 4) is 0 Å². The molecule has 1 saturated heterocycles. The van der Waals surface area contributed by atoms with Crippen LogP contribution in [0.25, 0.3) is 0 Å². The van der Waals surface area contributed by atoms with Gasteiger partial charge in [-0.05, 0) is 12.8 Å². The molecule has 4 heteroatoms. The second-order valence-corrected chi connectivity index (χ2v) is 4.07. The lowest BCUT2D eigenvalue weighted by atomic mass is 10.1. The van der Waals surface area contributed by atoms with Gasteiger partial charge in [0.1, 0.15) is 6.04 Å². The molecule has 0 aromatic heterocycles. The molecular formula is C7H12INO2. The minimum atomic E-state index is -0.679. The molecule has 1 atom stereocenters. The molecule has 1 rings (SSSR count). The number of hydrogen-bond donors (Lipinski definition) is 1. The maximum Gasteiger partial charge on any atom is 0.321 e. The smallest absolute Gasteiger partial charge is 0.321 e. The number of halogens is 1. The fraction of sp³-hybridized carbons (Fsp3) is 0.857. The molecule has 0 spiro atoms. The highest BCUT2D eigenvalue weighted by Crippen LogP contribution is 2.19. The van der Waals surface area contributed by atoms with Crippen LogP contribution in [0, 0.1) is 0 Å². The van der Waals surface area contributed by atoms with E-state index in [1.807, 2.05) is 3.11 Å². The van der Waals surface area contributed by atoms with Gasteiger partial charge in [-0.25, -0.2) is 3.11 Å². The van der Waals surface area contributed by atoms with E-state index in [0.29, 0.717) is 0 Å². The van der Waals surface area contributed by atoms with Crippen molar-refractivity contribution < 1.29 is 9.90 Å². The van der Waals surface area contributed by atoms with E-state index >= 15 is 0 Å². The van der Waals surface area contributed by atoms with Gasteiger partial charge in [0.05, 0.1) is 0 Å². The minimum absolute atomic E-state index is 0.252. The SMILES string of the molecule is O=C(O)C1CCCCCN1I. The molecule has 0 radical (unpaired) electrons. The Balaban J connectivity index is 2.52. The molecule has 1 aliphatic heterocycles. The van der Waals surface area contributed by atoms with Crippen LogP contribution in [0.15, 0.2) is 0 Å². The first kappa shape index (κ1) is 9.25. The first-order valence-electron chi connectivity index (χ1n) is 3.87. The molecule has 11 heavy (non-hydrogen) atoms. The van der Waals surface area contributed by atoms with Gasteiger partial charge in [-0.1, -0.05) is 12.8 Å². The zero-order valence-corrected chi connectivity index (χ0v) is 8.45. The highest BCUT2D eigenvalue weighted by atomic mass is 127. The highest BCUT2D eigenvalue weighted by Gasteiger charge is 2.24. The van der Waals surface area contributed by atoms with Gasteiger partial charge in [0.25, 0.3) is 0 Å². The van der Waals surface area contributed by atoms with Crippen molar-refractivity contribution >= 4 is 28.8 Å². The lowest BCUT2D eigenvalue weighted by Gasteiger charge is -2.18. The Hall–Kier alpha value is 0.160. The summed E-state index contributed by atoms with van der Waals surface area (Å²) in [4.78, 5) is 10.7. The zero-order valence-electron chi connectivity index (χ0n) is 6.29. The van der Waals surface area contributed by atoms with Crippen LogP contribution in [0.4, 0.5) is 0 Å².